The van der Waals surface area contributed by atoms with Gasteiger partial charge in [0.2, 0.25) is 0 Å². The van der Waals surface area contributed by atoms with Crippen molar-refractivity contribution in [2.45, 2.75) is 13.8 Å². The van der Waals surface area contributed by atoms with Crippen molar-refractivity contribution in [1.29, 1.82) is 0 Å². The van der Waals surface area contributed by atoms with Crippen LogP contribution in [0.15, 0.2) is 24.3 Å². The van der Waals surface area contributed by atoms with Gasteiger partial charge in [-0.2, -0.15) is 0 Å². The molecule has 0 radical (unpaired) electrons. The van der Waals surface area contributed by atoms with Gasteiger partial charge in [0.15, 0.2) is 0 Å². The Balaban J connectivity index is 3.07. The van der Waals surface area contributed by atoms with Gasteiger partial charge < -0.3 is 0 Å². The minimum absolute atomic E-state index is 2.00. The predicted molar refractivity (Wildman–Crippen MR) is 29.6 cm³/mol. The number of hydrogen-bond donors (Lipinski definition) is 0. The van der Waals surface area contributed by atoms with Gasteiger partial charge in [-0.05, 0) is 13.8 Å². The summed E-state index contributed by atoms with van der Waals surface area (Å²) in [5.74, 6) is 0. The van der Waals surface area contributed by atoms with Crippen molar-refractivity contribution < 1.29 is 0 Å². The van der Waals surface area contributed by atoms with Gasteiger partial charge >= 0.3 is 0 Å². The van der Waals surface area contributed by atoms with Crippen molar-refractivity contribution in [3.63, 3.8) is 0 Å². The maximum atomic E-state index is 2.00. The van der Waals surface area contributed by atoms with E-state index in [1.54, 1.807) is 0 Å². The summed E-state index contributed by atoms with van der Waals surface area (Å²) in [7, 11) is 0. The molecule has 0 spiro atoms. The van der Waals surface area contributed by atoms with Gasteiger partial charge in [0.25, 0.3) is 0 Å². The van der Waals surface area contributed by atoms with E-state index in [0.717, 1.165) is 0 Å². The quantitative estimate of drug-likeness (QED) is 0.425. The van der Waals surface area contributed by atoms with E-state index >= 15 is 0 Å². The predicted octanol–water partition coefficient (Wildman–Crippen LogP) is 2.14. The highest BCUT2D eigenvalue weighted by Gasteiger charge is 1.48. The van der Waals surface area contributed by atoms with Crippen LogP contribution < -0.4 is 0 Å². The van der Waals surface area contributed by atoms with Crippen LogP contribution in [-0.4, -0.2) is 0 Å². The lowest BCUT2D eigenvalue weighted by molar-refractivity contribution is 1.69. The summed E-state index contributed by atoms with van der Waals surface area (Å²) in [5, 5.41) is 0. The van der Waals surface area contributed by atoms with E-state index in [4.69, 9.17) is 0 Å². The molecule has 0 nitrogen and oxygen atoms in total. The highest BCUT2D eigenvalue weighted by molar-refractivity contribution is 4.98. The van der Waals surface area contributed by atoms with E-state index in [1.165, 1.54) is 0 Å². The first-order valence-electron chi connectivity index (χ1n) is 2.15. The third-order valence-corrected chi connectivity index (χ3v) is 0.496. The molecule has 0 aromatic carbocycles. The molecule has 0 aliphatic heterocycles. The second kappa shape index (κ2) is 4.48. The molecular formula is C6H10. The Labute approximate surface area is 39.2 Å². The molecule has 0 unspecified atom stereocenters. The average molecular weight is 82.1 g/mol. The van der Waals surface area contributed by atoms with Crippen LogP contribution in [0.25, 0.3) is 0 Å². The van der Waals surface area contributed by atoms with Crippen LogP contribution >= 0.6 is 0 Å². The second-order valence-corrected chi connectivity index (χ2v) is 1.05. The van der Waals surface area contributed by atoms with E-state index in [9.17, 15) is 0 Å². The Bertz CT molecular complexity index is 48.4. The Morgan fingerprint density at radius 2 is 1.17 bits per heavy atom. The topological polar surface area (TPSA) is 0 Å². The Hall–Kier alpha value is -0.520. The zero-order valence-electron chi connectivity index (χ0n) is 4.31. The van der Waals surface area contributed by atoms with Crippen molar-refractivity contribution in [3.8, 4) is 0 Å². The van der Waals surface area contributed by atoms with Gasteiger partial charge in [0.05, 0.1) is 0 Å². The summed E-state index contributed by atoms with van der Waals surface area (Å²) < 4.78 is 0. The summed E-state index contributed by atoms with van der Waals surface area (Å²) in [6.45, 7) is 4.00. The third-order valence-electron chi connectivity index (χ3n) is 0.496. The highest BCUT2D eigenvalue weighted by Crippen LogP contribution is 1.71. The van der Waals surface area contributed by atoms with Gasteiger partial charge in [-0.1, -0.05) is 24.3 Å². The Morgan fingerprint density at radius 1 is 0.833 bits per heavy atom. The van der Waals surface area contributed by atoms with Gasteiger partial charge in [0, 0.05) is 0 Å². The fraction of sp³-hybridized carbons (Fsp3) is 0.333. The van der Waals surface area contributed by atoms with Crippen LogP contribution in [0.1, 0.15) is 13.8 Å². The fourth-order valence-corrected chi connectivity index (χ4v) is 0.222. The second-order valence-electron chi connectivity index (χ2n) is 1.05. The minimum Gasteiger partial charge on any atom is -0.0877 e. The normalized spacial score (nSPS) is 11.7. The summed E-state index contributed by atoms with van der Waals surface area (Å²) in [6, 6.07) is 0. The summed E-state index contributed by atoms with van der Waals surface area (Å²) in [5.41, 5.74) is 0. The van der Waals surface area contributed by atoms with Crippen LogP contribution in [0.2, 0.25) is 0 Å². The number of rotatable bonds is 1. The first kappa shape index (κ1) is 5.48. The van der Waals surface area contributed by atoms with Gasteiger partial charge in [-0.25, -0.2) is 0 Å². The lowest BCUT2D eigenvalue weighted by Gasteiger charge is -1.62. The van der Waals surface area contributed by atoms with Crippen molar-refractivity contribution in [3.05, 3.63) is 24.3 Å². The van der Waals surface area contributed by atoms with E-state index in [-0.39, 0.29) is 0 Å². The molecule has 0 N–H and O–H groups in total. The van der Waals surface area contributed by atoms with Crippen molar-refractivity contribution in [2.75, 3.05) is 0 Å². The number of allylic oxidation sites excluding steroid dienone is 4. The molecule has 0 fully saturated rings. The first-order chi connectivity index (χ1) is 2.91. The smallest absolute Gasteiger partial charge is 0.0467 e. The lowest BCUT2D eigenvalue weighted by atomic mass is 10.5. The molecule has 0 aromatic heterocycles. The molecule has 34 valence electrons. The molecule has 0 saturated carbocycles. The fourth-order valence-electron chi connectivity index (χ4n) is 0.222. The molecule has 0 bridgehead atoms. The van der Waals surface area contributed by atoms with Crippen LogP contribution in [0.3, 0.4) is 0 Å². The molecule has 0 aromatic rings. The standard InChI is InChI=1S/C6H10/c1-3-5-6-4-2/h3-6H,1-2H3. The SMILES string of the molecule is CC=CC=CC. The molecule has 0 rings (SSSR count). The zero-order valence-corrected chi connectivity index (χ0v) is 4.31. The number of hydrogen-bond acceptors (Lipinski definition) is 0. The van der Waals surface area contributed by atoms with Crippen LogP contribution in [0.4, 0.5) is 0 Å². The minimum atomic E-state index is 2.00. The van der Waals surface area contributed by atoms with Crippen molar-refractivity contribution in [1.82, 2.24) is 0 Å². The molecule has 0 heterocycles. The van der Waals surface area contributed by atoms with Crippen LogP contribution in [0.5, 0.6) is 0 Å². The van der Waals surface area contributed by atoms with E-state index in [2.05, 4.69) is 0 Å². The molecule has 0 heteroatoms. The lowest BCUT2D eigenvalue weighted by Crippen LogP contribution is -1.40. The molecule has 0 atom stereocenters. The monoisotopic (exact) mass is 82.1 g/mol. The average Bonchev–Trinajstić information content (AvgIpc) is 1.61. The largest absolute Gasteiger partial charge is 0.0877 e. The maximum Gasteiger partial charge on any atom is -0.0467 e. The molecule has 0 amide bonds. The van der Waals surface area contributed by atoms with Crippen molar-refractivity contribution >= 4 is 0 Å². The first-order valence-corrected chi connectivity index (χ1v) is 2.15. The van der Waals surface area contributed by atoms with Crippen LogP contribution in [0, 0.1) is 0 Å². The summed E-state index contributed by atoms with van der Waals surface area (Å²) >= 11 is 0. The van der Waals surface area contributed by atoms with Gasteiger partial charge in [0.1, 0.15) is 0 Å². The van der Waals surface area contributed by atoms with E-state index < -0.39 is 0 Å². The Morgan fingerprint density at radius 3 is 1.33 bits per heavy atom. The zero-order chi connectivity index (χ0) is 4.83. The Kier molecular flexibility index (Phi) is 4.09. The van der Waals surface area contributed by atoms with E-state index in [1.807, 2.05) is 38.2 Å². The van der Waals surface area contributed by atoms with Gasteiger partial charge in [-0.3, -0.25) is 0 Å². The maximum absolute atomic E-state index is 2.00. The van der Waals surface area contributed by atoms with Crippen LogP contribution in [-0.2, 0) is 0 Å². The van der Waals surface area contributed by atoms with E-state index in [0.29, 0.717) is 0 Å². The molecule has 0 aliphatic carbocycles. The van der Waals surface area contributed by atoms with Crippen molar-refractivity contribution in [2.24, 2.45) is 0 Å². The van der Waals surface area contributed by atoms with Gasteiger partial charge in [-0.15, -0.1) is 0 Å². The molecular weight excluding hydrogens is 72.1 g/mol. The third kappa shape index (κ3) is 3.48. The highest BCUT2D eigenvalue weighted by atomic mass is 13.6. The summed E-state index contributed by atoms with van der Waals surface area (Å²) in [6.07, 6.45) is 8.00. The molecule has 0 aliphatic rings. The molecule has 6 heavy (non-hydrogen) atoms. The molecule has 0 saturated heterocycles. The summed E-state index contributed by atoms with van der Waals surface area (Å²) in [4.78, 5) is 0.